The van der Waals surface area contributed by atoms with E-state index in [2.05, 4.69) is 12.2 Å². The quantitative estimate of drug-likeness (QED) is 0.131. The Bertz CT molecular complexity index is 1510. The monoisotopic (exact) mass is 670 g/mol. The molecular formula is C35H46N2O11. The highest BCUT2D eigenvalue weighted by atomic mass is 16.8. The third-order valence-electron chi connectivity index (χ3n) is 12.0. The number of carbonyl (C=O) groups is 5. The minimum atomic E-state index is -1.64. The number of hydrogen-bond acceptors (Lipinski definition) is 11. The standard InChI is InChI=1S/C35H46N2O11/c1-33-13-10-22(38)18-21(33)5-6-23-24(33)11-14-34(2)25(23)12-15-35(34,44)29(40)19-48-31(42)9-8-30(41)36-26(32(43)47-3)16-20-4-7-28(39)27(17-20)37(45)46/h4,7,17-18,23-26,37,39,44-45H,5-6,8-16,19H2,1-3H3,(H,36,41)/t23-,24+,25-,26+,33+,34-,35+/m1/s1. The summed E-state index contributed by atoms with van der Waals surface area (Å²) in [6, 6.07) is 2.57. The lowest BCUT2D eigenvalue weighted by Gasteiger charge is -2.58. The van der Waals surface area contributed by atoms with E-state index in [0.717, 1.165) is 32.8 Å². The van der Waals surface area contributed by atoms with Crippen LogP contribution in [0.1, 0.15) is 83.6 Å². The van der Waals surface area contributed by atoms with Gasteiger partial charge in [-0.15, -0.1) is 0 Å². The summed E-state index contributed by atoms with van der Waals surface area (Å²) in [7, 11) is 1.13. The maximum atomic E-state index is 13.5. The molecule has 13 nitrogen and oxygen atoms in total. The molecule has 48 heavy (non-hydrogen) atoms. The van der Waals surface area contributed by atoms with Crippen molar-refractivity contribution >= 4 is 35.1 Å². The van der Waals surface area contributed by atoms with Gasteiger partial charge >= 0.3 is 11.9 Å². The fraction of sp³-hybridized carbons (Fsp3) is 0.629. The molecule has 8 atom stereocenters. The first-order valence-corrected chi connectivity index (χ1v) is 16.7. The molecule has 0 heterocycles. The number of aromatic hydroxyl groups is 1. The maximum absolute atomic E-state index is 13.5. The molecule has 13 heteroatoms. The van der Waals surface area contributed by atoms with E-state index in [4.69, 9.17) is 9.47 Å². The lowest BCUT2D eigenvalue weighted by atomic mass is 9.46. The molecule has 4 aliphatic rings. The Morgan fingerprint density at radius 1 is 1.06 bits per heavy atom. The molecule has 0 aromatic heterocycles. The molecule has 0 saturated heterocycles. The van der Waals surface area contributed by atoms with Crippen molar-refractivity contribution in [2.45, 2.75) is 96.1 Å². The number of amides is 1. The van der Waals surface area contributed by atoms with E-state index in [1.807, 2.05) is 13.0 Å². The molecule has 0 spiro atoms. The topological polar surface area (TPSA) is 204 Å². The number of fused-ring (bicyclic) bond motifs is 5. The molecule has 0 aliphatic heterocycles. The number of quaternary nitrogens is 1. The summed E-state index contributed by atoms with van der Waals surface area (Å²) in [5.41, 5.74) is -1.10. The van der Waals surface area contributed by atoms with Crippen molar-refractivity contribution < 1.29 is 54.1 Å². The Morgan fingerprint density at radius 2 is 1.79 bits per heavy atom. The maximum Gasteiger partial charge on any atom is 0.328 e. The van der Waals surface area contributed by atoms with Crippen molar-refractivity contribution in [3.63, 3.8) is 0 Å². The van der Waals surface area contributed by atoms with Gasteiger partial charge in [-0.3, -0.25) is 19.2 Å². The Balaban J connectivity index is 1.14. The Morgan fingerprint density at radius 3 is 2.50 bits per heavy atom. The third kappa shape index (κ3) is 6.52. The van der Waals surface area contributed by atoms with Gasteiger partial charge in [0.1, 0.15) is 11.6 Å². The van der Waals surface area contributed by atoms with Crippen molar-refractivity contribution in [1.29, 1.82) is 0 Å². The lowest BCUT2D eigenvalue weighted by molar-refractivity contribution is -0.991. The SMILES string of the molecule is COC(=O)[C@H](Cc1ccc(O)c([NH+]([O-])O)c1)NC(=O)CCC(=O)OCC(=O)[C@@]1(O)CC[C@@H]2[C@@H]3CCC4=CC(=O)CC[C@]4(C)[C@H]3CC[C@]21C. The number of Topliss-reactive ketones (excluding diaryl/α,β-unsaturated/α-hetero) is 1. The summed E-state index contributed by atoms with van der Waals surface area (Å²) >= 11 is 0. The zero-order chi connectivity index (χ0) is 35.0. The highest BCUT2D eigenvalue weighted by Gasteiger charge is 2.66. The molecule has 5 N–H and O–H groups in total. The number of phenols is 1. The van der Waals surface area contributed by atoms with Crippen LogP contribution in [-0.2, 0) is 39.9 Å². The van der Waals surface area contributed by atoms with E-state index >= 15 is 0 Å². The second-order valence-corrected chi connectivity index (χ2v) is 14.4. The number of ether oxygens (including phenoxy) is 2. The Kier molecular flexibility index (Phi) is 10.2. The second-order valence-electron chi connectivity index (χ2n) is 14.4. The first-order valence-electron chi connectivity index (χ1n) is 16.7. The summed E-state index contributed by atoms with van der Waals surface area (Å²) in [5, 5.41) is 43.3. The summed E-state index contributed by atoms with van der Waals surface area (Å²) < 4.78 is 9.99. The van der Waals surface area contributed by atoms with Gasteiger partial charge in [0.2, 0.25) is 17.4 Å². The molecular weight excluding hydrogens is 624 g/mol. The van der Waals surface area contributed by atoms with Crippen LogP contribution in [0.2, 0.25) is 0 Å². The van der Waals surface area contributed by atoms with Gasteiger partial charge in [0.15, 0.2) is 18.1 Å². The molecule has 3 fully saturated rings. The molecule has 4 aliphatic carbocycles. The van der Waals surface area contributed by atoms with Gasteiger partial charge in [-0.2, -0.15) is 5.23 Å². The van der Waals surface area contributed by atoms with Gasteiger partial charge in [-0.05, 0) is 85.8 Å². The summed E-state index contributed by atoms with van der Waals surface area (Å²) in [5.74, 6) is -2.19. The average Bonchev–Trinajstić information content (AvgIpc) is 3.34. The molecule has 1 unspecified atom stereocenters. The fourth-order valence-electron chi connectivity index (χ4n) is 9.31. The van der Waals surface area contributed by atoms with E-state index in [1.165, 1.54) is 23.8 Å². The van der Waals surface area contributed by atoms with Crippen LogP contribution in [-0.4, -0.2) is 70.2 Å². The number of hydrogen-bond donors (Lipinski definition) is 5. The average molecular weight is 671 g/mol. The van der Waals surface area contributed by atoms with E-state index < -0.39 is 58.3 Å². The van der Waals surface area contributed by atoms with Gasteiger partial charge in [-0.1, -0.05) is 25.5 Å². The zero-order valence-electron chi connectivity index (χ0n) is 27.7. The van der Waals surface area contributed by atoms with Crippen molar-refractivity contribution in [3.05, 3.63) is 40.6 Å². The first-order chi connectivity index (χ1) is 22.6. The summed E-state index contributed by atoms with van der Waals surface area (Å²) in [6.45, 7) is 3.65. The Labute approximate surface area is 279 Å². The lowest BCUT2D eigenvalue weighted by Crippen LogP contribution is -2.99. The van der Waals surface area contributed by atoms with Crippen molar-refractivity contribution in [1.82, 2.24) is 5.32 Å². The molecule has 262 valence electrons. The summed E-state index contributed by atoms with van der Waals surface area (Å²) in [6.07, 6.45) is 6.67. The number of allylic oxidation sites excluding steroid dienone is 1. The molecule has 1 aromatic rings. The highest BCUT2D eigenvalue weighted by molar-refractivity contribution is 5.92. The second kappa shape index (κ2) is 13.7. The molecule has 1 amide bonds. The van der Waals surface area contributed by atoms with Crippen LogP contribution >= 0.6 is 0 Å². The predicted molar refractivity (Wildman–Crippen MR) is 168 cm³/mol. The van der Waals surface area contributed by atoms with E-state index in [-0.39, 0.29) is 48.5 Å². The van der Waals surface area contributed by atoms with Gasteiger partial charge < -0.3 is 30.2 Å². The largest absolute Gasteiger partial charge is 0.595 e. The van der Waals surface area contributed by atoms with Gasteiger partial charge in [0.05, 0.1) is 13.5 Å². The smallest absolute Gasteiger partial charge is 0.328 e. The molecule has 0 bridgehead atoms. The fourth-order valence-corrected chi connectivity index (χ4v) is 9.31. The third-order valence-corrected chi connectivity index (χ3v) is 12.0. The number of methoxy groups -OCH3 is 1. The number of aliphatic hydroxyl groups is 1. The zero-order valence-corrected chi connectivity index (χ0v) is 27.7. The van der Waals surface area contributed by atoms with Crippen molar-refractivity contribution in [2.24, 2.45) is 28.6 Å². The normalized spacial score (nSPS) is 32.1. The first kappa shape index (κ1) is 35.7. The van der Waals surface area contributed by atoms with E-state index in [9.17, 15) is 44.6 Å². The van der Waals surface area contributed by atoms with Crippen LogP contribution in [0.15, 0.2) is 29.8 Å². The van der Waals surface area contributed by atoms with Crippen LogP contribution in [0.4, 0.5) is 5.69 Å². The number of rotatable bonds is 11. The van der Waals surface area contributed by atoms with E-state index in [0.29, 0.717) is 36.7 Å². The predicted octanol–water partition coefficient (Wildman–Crippen LogP) is 2.15. The molecule has 5 rings (SSSR count). The van der Waals surface area contributed by atoms with Crippen molar-refractivity contribution in [2.75, 3.05) is 13.7 Å². The number of esters is 2. The van der Waals surface area contributed by atoms with Gasteiger partial charge in [-0.25, -0.2) is 10.0 Å². The minimum Gasteiger partial charge on any atom is -0.595 e. The molecule has 0 radical (unpaired) electrons. The van der Waals surface area contributed by atoms with Crippen LogP contribution in [0.25, 0.3) is 0 Å². The van der Waals surface area contributed by atoms with Crippen LogP contribution in [0.3, 0.4) is 0 Å². The van der Waals surface area contributed by atoms with Crippen LogP contribution in [0.5, 0.6) is 5.75 Å². The number of nitrogens with one attached hydrogen (secondary N) is 2. The minimum absolute atomic E-state index is 0.0308. The van der Waals surface area contributed by atoms with Gasteiger partial charge in [0, 0.05) is 30.7 Å². The number of phenolic OH excluding ortho intramolecular Hbond substituents is 1. The summed E-state index contributed by atoms with van der Waals surface area (Å²) in [4.78, 5) is 63.2. The molecule has 3 saturated carbocycles. The van der Waals surface area contributed by atoms with E-state index in [1.54, 1.807) is 0 Å². The van der Waals surface area contributed by atoms with Crippen molar-refractivity contribution in [3.8, 4) is 5.75 Å². The Hall–Kier alpha value is -3.65. The van der Waals surface area contributed by atoms with Crippen LogP contribution in [0, 0.1) is 33.8 Å². The van der Waals surface area contributed by atoms with Crippen LogP contribution < -0.4 is 10.5 Å². The number of benzene rings is 1. The molecule has 1 aromatic carbocycles. The number of carbonyl (C=O) groups excluding carboxylic acids is 5. The number of ketones is 2. The highest BCUT2D eigenvalue weighted by Crippen LogP contribution is 2.67. The van der Waals surface area contributed by atoms with Gasteiger partial charge in [0.25, 0.3) is 0 Å².